The molecule has 1 rings (SSSR count). The first-order valence-electron chi connectivity index (χ1n) is 12.0. The Bertz CT molecular complexity index is 667. The van der Waals surface area contributed by atoms with Crippen LogP contribution in [0, 0.1) is 0 Å². The number of unbranched alkanes of at least 4 members (excludes halogenated alkanes) is 2. The molecule has 34 heavy (non-hydrogen) atoms. The Hall–Kier alpha value is -1.72. The molecule has 0 radical (unpaired) electrons. The average molecular weight is 489 g/mol. The predicted molar refractivity (Wildman–Crippen MR) is 127 cm³/mol. The first-order chi connectivity index (χ1) is 15.9. The summed E-state index contributed by atoms with van der Waals surface area (Å²) in [4.78, 5) is 23.9. The van der Waals surface area contributed by atoms with Crippen LogP contribution in [0.2, 0.25) is 0 Å². The summed E-state index contributed by atoms with van der Waals surface area (Å²) in [6, 6.07) is -0.957. The van der Waals surface area contributed by atoms with E-state index >= 15 is 0 Å². The molecule has 5 atom stereocenters. The molecule has 4 unspecified atom stereocenters. The van der Waals surface area contributed by atoms with Gasteiger partial charge in [-0.05, 0) is 47.0 Å². The van der Waals surface area contributed by atoms with Crippen molar-refractivity contribution < 1.29 is 39.1 Å². The molecule has 198 valence electrons. The molecule has 0 aromatic rings. The molecule has 0 saturated carbocycles. The molecule has 0 spiro atoms. The molecule has 0 aromatic carbocycles. The van der Waals surface area contributed by atoms with Gasteiger partial charge in [0.15, 0.2) is 6.29 Å². The Labute approximate surface area is 203 Å². The molecule has 10 heteroatoms. The van der Waals surface area contributed by atoms with Crippen LogP contribution in [0.3, 0.4) is 0 Å². The molecule has 1 aliphatic heterocycles. The summed E-state index contributed by atoms with van der Waals surface area (Å²) >= 11 is 0. The lowest BCUT2D eigenvalue weighted by molar-refractivity contribution is -0.270. The minimum Gasteiger partial charge on any atom is -0.493 e. The Morgan fingerprint density at radius 3 is 2.35 bits per heavy atom. The van der Waals surface area contributed by atoms with E-state index in [9.17, 15) is 24.9 Å². The number of carbonyl (C=O) groups is 2. The molecule has 10 nitrogen and oxygen atoms in total. The predicted octanol–water partition coefficient (Wildman–Crippen LogP) is 1.12. The van der Waals surface area contributed by atoms with E-state index in [0.29, 0.717) is 19.3 Å². The Kier molecular flexibility index (Phi) is 12.5. The van der Waals surface area contributed by atoms with Crippen LogP contribution in [0.25, 0.3) is 0 Å². The number of aliphatic hydroxyl groups is 3. The van der Waals surface area contributed by atoms with E-state index in [1.54, 1.807) is 6.26 Å². The summed E-state index contributed by atoms with van der Waals surface area (Å²) in [6.45, 7) is 10.8. The zero-order chi connectivity index (χ0) is 25.9. The maximum atomic E-state index is 12.4. The van der Waals surface area contributed by atoms with E-state index < -0.39 is 54.3 Å². The largest absolute Gasteiger partial charge is 0.493 e. The van der Waals surface area contributed by atoms with E-state index in [-0.39, 0.29) is 12.5 Å². The highest BCUT2D eigenvalue weighted by Gasteiger charge is 2.45. The fourth-order valence-electron chi connectivity index (χ4n) is 3.40. The second-order valence-electron chi connectivity index (χ2n) is 9.70. The van der Waals surface area contributed by atoms with Gasteiger partial charge in [-0.15, -0.1) is 0 Å². The Balaban J connectivity index is 2.43. The molecule has 5 N–H and O–H groups in total. The molecule has 1 heterocycles. The van der Waals surface area contributed by atoms with Gasteiger partial charge in [0.2, 0.25) is 11.8 Å². The second kappa shape index (κ2) is 14.0. The van der Waals surface area contributed by atoms with Gasteiger partial charge in [0.25, 0.3) is 0 Å². The molecule has 1 aliphatic rings. The van der Waals surface area contributed by atoms with Crippen molar-refractivity contribution in [3.63, 3.8) is 0 Å². The van der Waals surface area contributed by atoms with Crippen LogP contribution in [0.1, 0.15) is 73.6 Å². The number of carbonyl (C=O) groups excluding carboxylic acids is 2. The van der Waals surface area contributed by atoms with Crippen LogP contribution in [0.5, 0.6) is 0 Å². The SMILES string of the molecule is CC/C=C\OC(C)(C)C(C)(C)NC(=O)CCCCCOC1OC(CO)C(O)C(O)[C@@H]1NC(C)=O. The second-order valence-corrected chi connectivity index (χ2v) is 9.70. The van der Waals surface area contributed by atoms with Crippen molar-refractivity contribution in [3.8, 4) is 0 Å². The first-order valence-corrected chi connectivity index (χ1v) is 12.0. The lowest BCUT2D eigenvalue weighted by atomic mass is 9.85. The van der Waals surface area contributed by atoms with Gasteiger partial charge in [-0.25, -0.2) is 0 Å². The number of amides is 2. The zero-order valence-corrected chi connectivity index (χ0v) is 21.4. The quantitative estimate of drug-likeness (QED) is 0.181. The average Bonchev–Trinajstić information content (AvgIpc) is 2.74. The number of hydrogen-bond donors (Lipinski definition) is 5. The van der Waals surface area contributed by atoms with Crippen LogP contribution >= 0.6 is 0 Å². The third-order valence-corrected chi connectivity index (χ3v) is 6.23. The van der Waals surface area contributed by atoms with Crippen LogP contribution in [0.4, 0.5) is 0 Å². The monoisotopic (exact) mass is 488 g/mol. The molecule has 1 saturated heterocycles. The van der Waals surface area contributed by atoms with E-state index in [1.807, 2.05) is 40.7 Å². The smallest absolute Gasteiger partial charge is 0.220 e. The zero-order valence-electron chi connectivity index (χ0n) is 21.4. The maximum Gasteiger partial charge on any atom is 0.220 e. The summed E-state index contributed by atoms with van der Waals surface area (Å²) in [5.41, 5.74) is -1.16. The molecule has 2 amide bonds. The van der Waals surface area contributed by atoms with Crippen molar-refractivity contribution in [3.05, 3.63) is 12.3 Å². The van der Waals surface area contributed by atoms with Crippen molar-refractivity contribution in [2.45, 2.75) is 115 Å². The van der Waals surface area contributed by atoms with Gasteiger partial charge in [-0.1, -0.05) is 19.4 Å². The van der Waals surface area contributed by atoms with Crippen molar-refractivity contribution in [2.24, 2.45) is 0 Å². The summed E-state index contributed by atoms with van der Waals surface area (Å²) in [7, 11) is 0. The topological polar surface area (TPSA) is 147 Å². The number of ether oxygens (including phenoxy) is 3. The number of nitrogens with one attached hydrogen (secondary N) is 2. The lowest BCUT2D eigenvalue weighted by Gasteiger charge is -2.42. The highest BCUT2D eigenvalue weighted by atomic mass is 16.7. The van der Waals surface area contributed by atoms with E-state index in [2.05, 4.69) is 10.6 Å². The molecule has 0 bridgehead atoms. The molecule has 0 aliphatic carbocycles. The van der Waals surface area contributed by atoms with Gasteiger partial charge >= 0.3 is 0 Å². The Morgan fingerprint density at radius 2 is 1.76 bits per heavy atom. The summed E-state index contributed by atoms with van der Waals surface area (Å²) in [6.07, 6.45) is 2.13. The first kappa shape index (κ1) is 30.3. The van der Waals surface area contributed by atoms with Gasteiger partial charge in [-0.3, -0.25) is 9.59 Å². The van der Waals surface area contributed by atoms with Gasteiger partial charge < -0.3 is 40.2 Å². The van der Waals surface area contributed by atoms with E-state index in [0.717, 1.165) is 12.8 Å². The van der Waals surface area contributed by atoms with Crippen LogP contribution in [-0.4, -0.2) is 82.1 Å². The number of allylic oxidation sites excluding steroid dienone is 1. The minimum atomic E-state index is -1.34. The number of rotatable bonds is 14. The molecular formula is C24H44N2O8. The van der Waals surface area contributed by atoms with Crippen LogP contribution in [0.15, 0.2) is 12.3 Å². The minimum absolute atomic E-state index is 0.0636. The van der Waals surface area contributed by atoms with Crippen molar-refractivity contribution in [1.29, 1.82) is 0 Å². The fourth-order valence-corrected chi connectivity index (χ4v) is 3.40. The van der Waals surface area contributed by atoms with Crippen molar-refractivity contribution in [1.82, 2.24) is 10.6 Å². The van der Waals surface area contributed by atoms with E-state index in [4.69, 9.17) is 14.2 Å². The molecular weight excluding hydrogens is 444 g/mol. The number of aliphatic hydroxyl groups excluding tert-OH is 3. The van der Waals surface area contributed by atoms with Gasteiger partial charge in [0.05, 0.1) is 18.4 Å². The van der Waals surface area contributed by atoms with Gasteiger partial charge in [-0.2, -0.15) is 0 Å². The standard InChI is InChI=1S/C24H44N2O8/c1-7-8-14-33-24(5,6)23(3,4)26-18(29)12-10-9-11-13-32-22-19(25-16(2)28)21(31)20(30)17(15-27)34-22/h8,14,17,19-22,27,30-31H,7,9-13,15H2,1-6H3,(H,25,28)(H,26,29)/b14-8-/t17?,19-,20?,21?,22?/m0/s1. The lowest BCUT2D eigenvalue weighted by Crippen LogP contribution is -2.64. The van der Waals surface area contributed by atoms with Crippen LogP contribution < -0.4 is 10.6 Å². The van der Waals surface area contributed by atoms with Crippen LogP contribution in [-0.2, 0) is 23.8 Å². The van der Waals surface area contributed by atoms with Gasteiger partial charge in [0.1, 0.15) is 30.0 Å². The Morgan fingerprint density at radius 1 is 1.09 bits per heavy atom. The fraction of sp³-hybridized carbons (Fsp3) is 0.833. The maximum absolute atomic E-state index is 12.4. The van der Waals surface area contributed by atoms with E-state index in [1.165, 1.54) is 6.92 Å². The highest BCUT2D eigenvalue weighted by Crippen LogP contribution is 2.26. The number of hydrogen-bond acceptors (Lipinski definition) is 8. The highest BCUT2D eigenvalue weighted by molar-refractivity contribution is 5.76. The van der Waals surface area contributed by atoms with Gasteiger partial charge in [0, 0.05) is 20.0 Å². The van der Waals surface area contributed by atoms with Crippen molar-refractivity contribution >= 4 is 11.8 Å². The summed E-state index contributed by atoms with van der Waals surface area (Å²) < 4.78 is 17.0. The third kappa shape index (κ3) is 9.14. The molecule has 1 fully saturated rings. The normalized spacial score (nSPS) is 25.9. The summed E-state index contributed by atoms with van der Waals surface area (Å²) in [5, 5.41) is 35.2. The molecule has 0 aromatic heterocycles. The summed E-state index contributed by atoms with van der Waals surface area (Å²) in [5.74, 6) is -0.467. The third-order valence-electron chi connectivity index (χ3n) is 6.23. The van der Waals surface area contributed by atoms with Crippen molar-refractivity contribution in [2.75, 3.05) is 13.2 Å².